The SMILES string of the molecule is COc1cc(CCNC[C@H](O)c2ccc(O)c(O)c2)cc(OC)c1. The van der Waals surface area contributed by atoms with Gasteiger partial charge in [-0.1, -0.05) is 6.07 Å². The Morgan fingerprint density at radius 3 is 2.21 bits per heavy atom. The monoisotopic (exact) mass is 333 g/mol. The molecule has 2 aromatic carbocycles. The molecule has 4 N–H and O–H groups in total. The first kappa shape index (κ1) is 17.9. The van der Waals surface area contributed by atoms with Crippen LogP contribution in [0.15, 0.2) is 36.4 Å². The third-order valence-corrected chi connectivity index (χ3v) is 3.72. The summed E-state index contributed by atoms with van der Waals surface area (Å²) in [6, 6.07) is 9.99. The van der Waals surface area contributed by atoms with Crippen molar-refractivity contribution >= 4 is 0 Å². The van der Waals surface area contributed by atoms with Gasteiger partial charge in [0.2, 0.25) is 0 Å². The average molecular weight is 333 g/mol. The van der Waals surface area contributed by atoms with E-state index >= 15 is 0 Å². The minimum atomic E-state index is -0.767. The first-order valence-electron chi connectivity index (χ1n) is 7.66. The van der Waals surface area contributed by atoms with Gasteiger partial charge in [-0.05, 0) is 48.4 Å². The molecule has 0 saturated carbocycles. The van der Waals surface area contributed by atoms with Gasteiger partial charge in [-0.15, -0.1) is 0 Å². The van der Waals surface area contributed by atoms with Crippen molar-refractivity contribution in [2.24, 2.45) is 0 Å². The van der Waals surface area contributed by atoms with Crippen LogP contribution in [0, 0.1) is 0 Å². The molecule has 0 radical (unpaired) electrons. The molecule has 24 heavy (non-hydrogen) atoms. The Hall–Kier alpha value is -2.44. The second kappa shape index (κ2) is 8.42. The zero-order chi connectivity index (χ0) is 17.5. The summed E-state index contributed by atoms with van der Waals surface area (Å²) in [5.41, 5.74) is 1.61. The second-order valence-corrected chi connectivity index (χ2v) is 5.44. The van der Waals surface area contributed by atoms with E-state index in [-0.39, 0.29) is 11.5 Å². The van der Waals surface area contributed by atoms with Crippen molar-refractivity contribution in [3.05, 3.63) is 47.5 Å². The number of aliphatic hydroxyl groups excluding tert-OH is 1. The Labute approximate surface area is 141 Å². The number of methoxy groups -OCH3 is 2. The third-order valence-electron chi connectivity index (χ3n) is 3.72. The lowest BCUT2D eigenvalue weighted by Crippen LogP contribution is -2.23. The van der Waals surface area contributed by atoms with Crippen molar-refractivity contribution in [2.75, 3.05) is 27.3 Å². The third kappa shape index (κ3) is 4.78. The Bertz CT molecular complexity index is 652. The second-order valence-electron chi connectivity index (χ2n) is 5.44. The fourth-order valence-electron chi connectivity index (χ4n) is 2.35. The van der Waals surface area contributed by atoms with E-state index in [2.05, 4.69) is 5.32 Å². The van der Waals surface area contributed by atoms with Crippen molar-refractivity contribution in [2.45, 2.75) is 12.5 Å². The van der Waals surface area contributed by atoms with Crippen molar-refractivity contribution in [3.8, 4) is 23.0 Å². The first-order valence-corrected chi connectivity index (χ1v) is 7.66. The van der Waals surface area contributed by atoms with Crippen LogP contribution in [-0.2, 0) is 6.42 Å². The Balaban J connectivity index is 1.85. The number of nitrogens with one attached hydrogen (secondary N) is 1. The van der Waals surface area contributed by atoms with Gasteiger partial charge in [0.1, 0.15) is 11.5 Å². The molecule has 6 heteroatoms. The standard InChI is InChI=1S/C18H23NO5/c1-23-14-7-12(8-15(10-14)24-2)5-6-19-11-18(22)13-3-4-16(20)17(21)9-13/h3-4,7-10,18-22H,5-6,11H2,1-2H3/t18-/m0/s1. The van der Waals surface area contributed by atoms with E-state index in [9.17, 15) is 15.3 Å². The summed E-state index contributed by atoms with van der Waals surface area (Å²) >= 11 is 0. The van der Waals surface area contributed by atoms with E-state index in [1.165, 1.54) is 12.1 Å². The van der Waals surface area contributed by atoms with Crippen LogP contribution in [0.3, 0.4) is 0 Å². The highest BCUT2D eigenvalue weighted by atomic mass is 16.5. The predicted octanol–water partition coefficient (Wildman–Crippen LogP) is 1.98. The largest absolute Gasteiger partial charge is 0.504 e. The van der Waals surface area contributed by atoms with Crippen LogP contribution in [0.25, 0.3) is 0 Å². The van der Waals surface area contributed by atoms with Crippen molar-refractivity contribution < 1.29 is 24.8 Å². The molecule has 2 aromatic rings. The first-order chi connectivity index (χ1) is 11.5. The van der Waals surface area contributed by atoms with Crippen LogP contribution in [0.5, 0.6) is 23.0 Å². The molecular formula is C18H23NO5. The molecule has 0 spiro atoms. The summed E-state index contributed by atoms with van der Waals surface area (Å²) < 4.78 is 10.5. The molecule has 130 valence electrons. The van der Waals surface area contributed by atoms with E-state index in [1.54, 1.807) is 20.3 Å². The Kier molecular flexibility index (Phi) is 6.28. The summed E-state index contributed by atoms with van der Waals surface area (Å²) in [5, 5.41) is 32.0. The molecule has 0 aliphatic rings. The highest BCUT2D eigenvalue weighted by Crippen LogP contribution is 2.27. The average Bonchev–Trinajstić information content (AvgIpc) is 2.60. The predicted molar refractivity (Wildman–Crippen MR) is 90.9 cm³/mol. The summed E-state index contributed by atoms with van der Waals surface area (Å²) in [6.07, 6.45) is -0.0162. The molecule has 0 amide bonds. The lowest BCUT2D eigenvalue weighted by molar-refractivity contribution is 0.174. The van der Waals surface area contributed by atoms with Gasteiger partial charge >= 0.3 is 0 Å². The van der Waals surface area contributed by atoms with Gasteiger partial charge in [-0.2, -0.15) is 0 Å². The van der Waals surface area contributed by atoms with Crippen LogP contribution in [0.2, 0.25) is 0 Å². The van der Waals surface area contributed by atoms with Crippen molar-refractivity contribution in [1.82, 2.24) is 5.32 Å². The zero-order valence-corrected chi connectivity index (χ0v) is 13.8. The lowest BCUT2D eigenvalue weighted by atomic mass is 10.1. The molecule has 0 unspecified atom stereocenters. The highest BCUT2D eigenvalue weighted by molar-refractivity contribution is 5.41. The molecule has 2 rings (SSSR count). The number of rotatable bonds is 8. The molecule has 0 saturated heterocycles. The smallest absolute Gasteiger partial charge is 0.157 e. The lowest BCUT2D eigenvalue weighted by Gasteiger charge is -2.13. The minimum absolute atomic E-state index is 0.203. The van der Waals surface area contributed by atoms with Crippen molar-refractivity contribution in [3.63, 3.8) is 0 Å². The summed E-state index contributed by atoms with van der Waals surface area (Å²) in [4.78, 5) is 0. The fourth-order valence-corrected chi connectivity index (χ4v) is 2.35. The number of hydrogen-bond acceptors (Lipinski definition) is 6. The van der Waals surface area contributed by atoms with Crippen LogP contribution in [-0.4, -0.2) is 42.6 Å². The number of aromatic hydroxyl groups is 2. The maximum absolute atomic E-state index is 10.1. The van der Waals surface area contributed by atoms with Gasteiger partial charge < -0.3 is 30.1 Å². The molecule has 6 nitrogen and oxygen atoms in total. The molecule has 0 aliphatic carbocycles. The van der Waals surface area contributed by atoms with Gasteiger partial charge in [0.15, 0.2) is 11.5 Å². The van der Waals surface area contributed by atoms with Crippen LogP contribution in [0.1, 0.15) is 17.2 Å². The quantitative estimate of drug-likeness (QED) is 0.436. The van der Waals surface area contributed by atoms with E-state index in [0.29, 0.717) is 18.7 Å². The van der Waals surface area contributed by atoms with E-state index < -0.39 is 6.10 Å². The Morgan fingerprint density at radius 2 is 1.62 bits per heavy atom. The number of aliphatic hydroxyl groups is 1. The normalized spacial score (nSPS) is 12.0. The number of phenols is 2. The van der Waals surface area contributed by atoms with Crippen LogP contribution >= 0.6 is 0 Å². The number of ether oxygens (including phenoxy) is 2. The maximum atomic E-state index is 10.1. The number of hydrogen-bond donors (Lipinski definition) is 4. The van der Waals surface area contributed by atoms with E-state index in [0.717, 1.165) is 23.5 Å². The van der Waals surface area contributed by atoms with E-state index in [4.69, 9.17) is 9.47 Å². The molecule has 0 heterocycles. The van der Waals surface area contributed by atoms with Gasteiger partial charge in [-0.3, -0.25) is 0 Å². The van der Waals surface area contributed by atoms with Gasteiger partial charge in [0.25, 0.3) is 0 Å². The molecule has 0 aromatic heterocycles. The number of benzene rings is 2. The van der Waals surface area contributed by atoms with Crippen LogP contribution < -0.4 is 14.8 Å². The fraction of sp³-hybridized carbons (Fsp3) is 0.333. The molecule has 0 fully saturated rings. The zero-order valence-electron chi connectivity index (χ0n) is 13.8. The summed E-state index contributed by atoms with van der Waals surface area (Å²) in [6.45, 7) is 1.00. The summed E-state index contributed by atoms with van der Waals surface area (Å²) in [7, 11) is 3.22. The summed E-state index contributed by atoms with van der Waals surface area (Å²) in [5.74, 6) is 1.04. The van der Waals surface area contributed by atoms with Gasteiger partial charge in [0, 0.05) is 12.6 Å². The molecule has 1 atom stereocenters. The number of phenolic OH excluding ortho intramolecular Hbond substituents is 2. The Morgan fingerprint density at radius 1 is 0.958 bits per heavy atom. The minimum Gasteiger partial charge on any atom is -0.504 e. The highest BCUT2D eigenvalue weighted by Gasteiger charge is 2.10. The maximum Gasteiger partial charge on any atom is 0.157 e. The van der Waals surface area contributed by atoms with Crippen molar-refractivity contribution in [1.29, 1.82) is 0 Å². The van der Waals surface area contributed by atoms with Gasteiger partial charge in [0.05, 0.1) is 20.3 Å². The molecule has 0 bridgehead atoms. The molecular weight excluding hydrogens is 310 g/mol. The van der Waals surface area contributed by atoms with Gasteiger partial charge in [-0.25, -0.2) is 0 Å². The van der Waals surface area contributed by atoms with E-state index in [1.807, 2.05) is 18.2 Å². The topological polar surface area (TPSA) is 91.2 Å². The molecule has 0 aliphatic heterocycles. The van der Waals surface area contributed by atoms with Crippen LogP contribution in [0.4, 0.5) is 0 Å².